The molecule has 0 aromatic heterocycles. The van der Waals surface area contributed by atoms with Crippen LogP contribution in [-0.4, -0.2) is 18.2 Å². The molecule has 1 N–H and O–H groups in total. The molecule has 1 saturated carbocycles. The van der Waals surface area contributed by atoms with Crippen molar-refractivity contribution in [2.45, 2.75) is 58.2 Å². The van der Waals surface area contributed by atoms with Crippen molar-refractivity contribution in [2.24, 2.45) is 0 Å². The van der Waals surface area contributed by atoms with E-state index in [1.165, 1.54) is 32.1 Å². The number of esters is 1. The first kappa shape index (κ1) is 12.2. The van der Waals surface area contributed by atoms with Crippen LogP contribution in [0.2, 0.25) is 0 Å². The van der Waals surface area contributed by atoms with Gasteiger partial charge in [0.15, 0.2) is 6.23 Å². The van der Waals surface area contributed by atoms with Crippen molar-refractivity contribution in [3.63, 3.8) is 0 Å². The van der Waals surface area contributed by atoms with Crippen LogP contribution in [-0.2, 0) is 9.53 Å². The third-order valence-corrected chi connectivity index (χ3v) is 2.71. The lowest BCUT2D eigenvalue weighted by Gasteiger charge is -2.26. The third-order valence-electron chi connectivity index (χ3n) is 2.71. The average Bonchev–Trinajstić information content (AvgIpc) is 2.18. The Hall–Kier alpha value is -0.830. The van der Waals surface area contributed by atoms with Crippen LogP contribution < -0.4 is 5.32 Å². The quantitative estimate of drug-likeness (QED) is 0.441. The summed E-state index contributed by atoms with van der Waals surface area (Å²) in [6.07, 6.45) is 6.05. The van der Waals surface area contributed by atoms with Crippen molar-refractivity contribution in [3.05, 3.63) is 12.2 Å². The van der Waals surface area contributed by atoms with E-state index in [0.717, 1.165) is 0 Å². The van der Waals surface area contributed by atoms with E-state index in [1.807, 2.05) is 6.92 Å². The molecule has 1 rings (SSSR count). The third kappa shape index (κ3) is 4.47. The molecule has 0 aromatic carbocycles. The van der Waals surface area contributed by atoms with Gasteiger partial charge in [-0.15, -0.1) is 0 Å². The molecule has 1 unspecified atom stereocenters. The minimum atomic E-state index is -0.314. The van der Waals surface area contributed by atoms with E-state index < -0.39 is 0 Å². The molecule has 0 aliphatic heterocycles. The van der Waals surface area contributed by atoms with Crippen molar-refractivity contribution in [3.8, 4) is 0 Å². The molecule has 1 atom stereocenters. The van der Waals surface area contributed by atoms with E-state index >= 15 is 0 Å². The monoisotopic (exact) mass is 211 g/mol. The first-order valence-electron chi connectivity index (χ1n) is 5.72. The Labute approximate surface area is 91.9 Å². The second-order valence-corrected chi connectivity index (χ2v) is 4.33. The van der Waals surface area contributed by atoms with Crippen LogP contribution in [0, 0.1) is 0 Å². The van der Waals surface area contributed by atoms with Gasteiger partial charge in [0, 0.05) is 11.6 Å². The fraction of sp³-hybridized carbons (Fsp3) is 0.750. The lowest BCUT2D eigenvalue weighted by Crippen LogP contribution is -2.40. The number of ether oxygens (including phenoxy) is 1. The van der Waals surface area contributed by atoms with Crippen molar-refractivity contribution in [2.75, 3.05) is 0 Å². The number of rotatable bonds is 4. The van der Waals surface area contributed by atoms with E-state index in [9.17, 15) is 4.79 Å². The number of hydrogen-bond donors (Lipinski definition) is 1. The largest absolute Gasteiger partial charge is 0.444 e. The van der Waals surface area contributed by atoms with Gasteiger partial charge in [-0.1, -0.05) is 25.8 Å². The molecule has 1 fully saturated rings. The summed E-state index contributed by atoms with van der Waals surface area (Å²) in [6.45, 7) is 7.09. The first-order chi connectivity index (χ1) is 7.09. The van der Waals surface area contributed by atoms with E-state index in [1.54, 1.807) is 6.92 Å². The summed E-state index contributed by atoms with van der Waals surface area (Å²) in [5.41, 5.74) is 0.451. The summed E-state index contributed by atoms with van der Waals surface area (Å²) in [4.78, 5) is 11.2. The number of nitrogens with one attached hydrogen (secondary N) is 1. The normalized spacial score (nSPS) is 19.6. The fourth-order valence-electron chi connectivity index (χ4n) is 1.90. The Balaban J connectivity index is 2.25. The maximum atomic E-state index is 11.2. The van der Waals surface area contributed by atoms with E-state index in [2.05, 4.69) is 11.9 Å². The topological polar surface area (TPSA) is 38.3 Å². The standard InChI is InChI=1S/C12H21NO2/c1-9(2)12(14)15-10(3)13-11-7-5-4-6-8-11/h10-11,13H,1,4-8H2,2-3H3. The van der Waals surface area contributed by atoms with Crippen molar-refractivity contribution >= 4 is 5.97 Å². The van der Waals surface area contributed by atoms with Crippen LogP contribution in [0.15, 0.2) is 12.2 Å². The Morgan fingerprint density at radius 1 is 1.40 bits per heavy atom. The minimum Gasteiger partial charge on any atom is -0.444 e. The summed E-state index contributed by atoms with van der Waals surface area (Å²) >= 11 is 0. The summed E-state index contributed by atoms with van der Waals surface area (Å²) in [5.74, 6) is -0.314. The predicted octanol–water partition coefficient (Wildman–Crippen LogP) is 2.37. The van der Waals surface area contributed by atoms with Gasteiger partial charge in [0.25, 0.3) is 0 Å². The molecule has 0 spiro atoms. The molecule has 0 saturated heterocycles. The van der Waals surface area contributed by atoms with Crippen LogP contribution in [0.1, 0.15) is 46.0 Å². The van der Waals surface area contributed by atoms with Crippen LogP contribution in [0.3, 0.4) is 0 Å². The Morgan fingerprint density at radius 2 is 2.00 bits per heavy atom. The van der Waals surface area contributed by atoms with E-state index in [0.29, 0.717) is 11.6 Å². The highest BCUT2D eigenvalue weighted by molar-refractivity contribution is 5.87. The van der Waals surface area contributed by atoms with Gasteiger partial charge in [0.1, 0.15) is 0 Å². The Bertz CT molecular complexity index is 232. The maximum absolute atomic E-state index is 11.2. The molecule has 1 aliphatic rings. The van der Waals surface area contributed by atoms with Crippen LogP contribution in [0.4, 0.5) is 0 Å². The summed E-state index contributed by atoms with van der Waals surface area (Å²) < 4.78 is 5.16. The first-order valence-corrected chi connectivity index (χ1v) is 5.72. The predicted molar refractivity (Wildman–Crippen MR) is 60.4 cm³/mol. The number of carbonyl (C=O) groups is 1. The summed E-state index contributed by atoms with van der Waals surface area (Å²) in [6, 6.07) is 0.506. The van der Waals surface area contributed by atoms with E-state index in [4.69, 9.17) is 4.74 Å². The zero-order chi connectivity index (χ0) is 11.3. The summed E-state index contributed by atoms with van der Waals surface area (Å²) in [7, 11) is 0. The van der Waals surface area contributed by atoms with Gasteiger partial charge in [-0.05, 0) is 26.7 Å². The molecule has 0 radical (unpaired) electrons. The summed E-state index contributed by atoms with van der Waals surface area (Å²) in [5, 5.41) is 3.32. The maximum Gasteiger partial charge on any atom is 0.334 e. The highest BCUT2D eigenvalue weighted by Crippen LogP contribution is 2.17. The van der Waals surface area contributed by atoms with Gasteiger partial charge in [-0.3, -0.25) is 5.32 Å². The van der Waals surface area contributed by atoms with Crippen LogP contribution >= 0.6 is 0 Å². The lowest BCUT2D eigenvalue weighted by molar-refractivity contribution is -0.145. The van der Waals surface area contributed by atoms with Crippen molar-refractivity contribution < 1.29 is 9.53 Å². The molecule has 3 heteroatoms. The Kier molecular flexibility index (Phi) is 4.82. The van der Waals surface area contributed by atoms with Gasteiger partial charge < -0.3 is 4.74 Å². The van der Waals surface area contributed by atoms with Gasteiger partial charge in [-0.2, -0.15) is 0 Å². The molecule has 86 valence electrons. The molecular formula is C12H21NO2. The van der Waals surface area contributed by atoms with E-state index in [-0.39, 0.29) is 12.2 Å². The zero-order valence-electron chi connectivity index (χ0n) is 9.71. The average molecular weight is 211 g/mol. The molecule has 0 bridgehead atoms. The SMILES string of the molecule is C=C(C)C(=O)OC(C)NC1CCCCC1. The minimum absolute atomic E-state index is 0.211. The molecule has 1 aliphatic carbocycles. The lowest BCUT2D eigenvalue weighted by atomic mass is 9.95. The number of hydrogen-bond acceptors (Lipinski definition) is 3. The molecule has 0 aromatic rings. The Morgan fingerprint density at radius 3 is 2.53 bits per heavy atom. The smallest absolute Gasteiger partial charge is 0.334 e. The second-order valence-electron chi connectivity index (χ2n) is 4.33. The van der Waals surface area contributed by atoms with Crippen molar-refractivity contribution in [1.82, 2.24) is 5.32 Å². The molecule has 0 heterocycles. The second kappa shape index (κ2) is 5.91. The molecule has 3 nitrogen and oxygen atoms in total. The molecular weight excluding hydrogens is 190 g/mol. The number of carbonyl (C=O) groups excluding carboxylic acids is 1. The van der Waals surface area contributed by atoms with Gasteiger partial charge >= 0.3 is 5.97 Å². The van der Waals surface area contributed by atoms with Gasteiger partial charge in [0.2, 0.25) is 0 Å². The van der Waals surface area contributed by atoms with Gasteiger partial charge in [0.05, 0.1) is 0 Å². The molecule has 0 amide bonds. The molecule has 15 heavy (non-hydrogen) atoms. The highest BCUT2D eigenvalue weighted by Gasteiger charge is 2.17. The fourth-order valence-corrected chi connectivity index (χ4v) is 1.90. The van der Waals surface area contributed by atoms with Crippen LogP contribution in [0.25, 0.3) is 0 Å². The van der Waals surface area contributed by atoms with Crippen molar-refractivity contribution in [1.29, 1.82) is 0 Å². The van der Waals surface area contributed by atoms with Crippen LogP contribution in [0.5, 0.6) is 0 Å². The zero-order valence-corrected chi connectivity index (χ0v) is 9.71. The van der Waals surface area contributed by atoms with Gasteiger partial charge in [-0.25, -0.2) is 4.79 Å². The highest BCUT2D eigenvalue weighted by atomic mass is 16.6.